The van der Waals surface area contributed by atoms with Gasteiger partial charge >= 0.3 is 0 Å². The van der Waals surface area contributed by atoms with Crippen molar-refractivity contribution >= 4 is 34.2 Å². The van der Waals surface area contributed by atoms with Gasteiger partial charge in [-0.2, -0.15) is 10.3 Å². The zero-order valence-corrected chi connectivity index (χ0v) is 17.7. The summed E-state index contributed by atoms with van der Waals surface area (Å²) in [5, 5.41) is 10.5. The first-order chi connectivity index (χ1) is 14.9. The highest BCUT2D eigenvalue weighted by molar-refractivity contribution is 6.31. The largest absolute Gasteiger partial charge is 0.309 e. The fourth-order valence-corrected chi connectivity index (χ4v) is 3.70. The van der Waals surface area contributed by atoms with Crippen LogP contribution in [0.1, 0.15) is 34.8 Å². The molecule has 7 nitrogen and oxygen atoms in total. The van der Waals surface area contributed by atoms with Crippen molar-refractivity contribution < 1.29 is 4.79 Å². The Kier molecular flexibility index (Phi) is 5.40. The van der Waals surface area contributed by atoms with Crippen LogP contribution in [0.25, 0.3) is 16.7 Å². The summed E-state index contributed by atoms with van der Waals surface area (Å²) in [6.07, 6.45) is 2.34. The summed E-state index contributed by atoms with van der Waals surface area (Å²) in [6.45, 7) is 4.26. The van der Waals surface area contributed by atoms with Gasteiger partial charge < -0.3 is 4.57 Å². The number of nitriles is 1. The van der Waals surface area contributed by atoms with Crippen LogP contribution in [-0.4, -0.2) is 19.9 Å². The zero-order valence-electron chi connectivity index (χ0n) is 17.0. The van der Waals surface area contributed by atoms with Crippen LogP contribution in [0, 0.1) is 18.3 Å². The first-order valence-electron chi connectivity index (χ1n) is 9.75. The standard InChI is InChI=1S/C23H18ClN5O2/c1-3-9-28-20(27-22(30)15-7-4-8-17(24)11-15)16(13-25)12-18-21(28)26-19-14(2)6-5-10-29(19)23(18)31/h4-8,10-12H,3,9H2,1-2H3. The van der Waals surface area contributed by atoms with Gasteiger partial charge in [-0.1, -0.05) is 30.7 Å². The predicted octanol–water partition coefficient (Wildman–Crippen LogP) is 3.63. The average Bonchev–Trinajstić information content (AvgIpc) is 2.76. The fraction of sp³-hybridized carbons (Fsp3) is 0.174. The molecule has 4 rings (SSSR count). The number of benzene rings is 1. The van der Waals surface area contributed by atoms with E-state index in [0.29, 0.717) is 40.2 Å². The predicted molar refractivity (Wildman–Crippen MR) is 118 cm³/mol. The number of aryl methyl sites for hydroxylation is 2. The molecule has 3 heterocycles. The molecule has 1 amide bonds. The molecular formula is C23H18ClN5O2. The topological polar surface area (TPSA) is 92.5 Å². The number of rotatable bonds is 3. The van der Waals surface area contributed by atoms with Crippen LogP contribution < -0.4 is 11.0 Å². The van der Waals surface area contributed by atoms with Gasteiger partial charge in [0.25, 0.3) is 11.5 Å². The first-order valence-corrected chi connectivity index (χ1v) is 10.1. The van der Waals surface area contributed by atoms with E-state index in [1.54, 1.807) is 35.0 Å². The number of aromatic nitrogens is 3. The second kappa shape index (κ2) is 8.17. The van der Waals surface area contributed by atoms with E-state index < -0.39 is 5.91 Å². The van der Waals surface area contributed by atoms with E-state index in [4.69, 9.17) is 16.6 Å². The molecule has 4 aromatic rings. The second-order valence-corrected chi connectivity index (χ2v) is 7.55. The molecule has 0 unspecified atom stereocenters. The SMILES string of the molecule is CCCn1c(=NC(=O)c2cccc(Cl)c2)c(C#N)cc2c(=O)n3cccc(C)c3nc21. The molecule has 1 aromatic carbocycles. The number of hydrogen-bond acceptors (Lipinski definition) is 4. The second-order valence-electron chi connectivity index (χ2n) is 7.11. The Labute approximate surface area is 182 Å². The Morgan fingerprint density at radius 2 is 2.03 bits per heavy atom. The summed E-state index contributed by atoms with van der Waals surface area (Å²) in [4.78, 5) is 34.9. The molecule has 8 heteroatoms. The lowest BCUT2D eigenvalue weighted by Gasteiger charge is -2.13. The number of fused-ring (bicyclic) bond motifs is 2. The van der Waals surface area contributed by atoms with E-state index >= 15 is 0 Å². The van der Waals surface area contributed by atoms with E-state index in [2.05, 4.69) is 11.1 Å². The minimum Gasteiger partial charge on any atom is -0.309 e. The van der Waals surface area contributed by atoms with E-state index in [1.165, 1.54) is 16.5 Å². The van der Waals surface area contributed by atoms with Crippen molar-refractivity contribution in [1.29, 1.82) is 5.26 Å². The van der Waals surface area contributed by atoms with Crippen molar-refractivity contribution in [2.45, 2.75) is 26.8 Å². The molecule has 0 saturated carbocycles. The van der Waals surface area contributed by atoms with Crippen LogP contribution in [-0.2, 0) is 6.54 Å². The van der Waals surface area contributed by atoms with E-state index in [-0.39, 0.29) is 16.6 Å². The quantitative estimate of drug-likeness (QED) is 0.463. The minimum atomic E-state index is -0.531. The van der Waals surface area contributed by atoms with Crippen LogP contribution in [0.4, 0.5) is 0 Å². The van der Waals surface area contributed by atoms with Crippen LogP contribution in [0.15, 0.2) is 58.4 Å². The van der Waals surface area contributed by atoms with E-state index in [0.717, 1.165) is 5.56 Å². The normalized spacial score (nSPS) is 11.7. The average molecular weight is 432 g/mol. The van der Waals surface area contributed by atoms with Gasteiger partial charge in [-0.3, -0.25) is 14.0 Å². The lowest BCUT2D eigenvalue weighted by molar-refractivity contribution is 0.0997. The number of carbonyl (C=O) groups excluding carboxylic acids is 1. The lowest BCUT2D eigenvalue weighted by Crippen LogP contribution is -2.29. The summed E-state index contributed by atoms with van der Waals surface area (Å²) in [7, 11) is 0. The van der Waals surface area contributed by atoms with Crippen LogP contribution >= 0.6 is 11.6 Å². The van der Waals surface area contributed by atoms with E-state index in [1.807, 2.05) is 19.9 Å². The maximum Gasteiger partial charge on any atom is 0.279 e. The Morgan fingerprint density at radius 3 is 2.74 bits per heavy atom. The number of nitrogens with zero attached hydrogens (tertiary/aromatic N) is 5. The highest BCUT2D eigenvalue weighted by Gasteiger charge is 2.16. The third-order valence-electron chi connectivity index (χ3n) is 4.95. The van der Waals surface area contributed by atoms with Crippen molar-refractivity contribution in [3.05, 3.63) is 86.2 Å². The van der Waals surface area contributed by atoms with Crippen molar-refractivity contribution in [3.8, 4) is 6.07 Å². The number of pyridine rings is 2. The smallest absolute Gasteiger partial charge is 0.279 e. The maximum absolute atomic E-state index is 13.1. The summed E-state index contributed by atoms with van der Waals surface area (Å²) >= 11 is 6.00. The number of amides is 1. The van der Waals surface area contributed by atoms with Crippen LogP contribution in [0.2, 0.25) is 5.02 Å². The molecule has 0 bridgehead atoms. The molecule has 154 valence electrons. The Hall–Kier alpha value is -3.76. The summed E-state index contributed by atoms with van der Waals surface area (Å²) in [5.41, 5.74) is 2.07. The van der Waals surface area contributed by atoms with E-state index in [9.17, 15) is 14.9 Å². The molecule has 31 heavy (non-hydrogen) atoms. The van der Waals surface area contributed by atoms with Gasteiger partial charge in [-0.15, -0.1) is 0 Å². The molecule has 3 aromatic heterocycles. The Bertz CT molecular complexity index is 1530. The third kappa shape index (κ3) is 3.62. The molecular weight excluding hydrogens is 414 g/mol. The van der Waals surface area contributed by atoms with Crippen molar-refractivity contribution in [3.63, 3.8) is 0 Å². The molecule has 0 spiro atoms. The van der Waals surface area contributed by atoms with Crippen LogP contribution in [0.3, 0.4) is 0 Å². The van der Waals surface area contributed by atoms with Crippen molar-refractivity contribution in [2.75, 3.05) is 0 Å². The summed E-state index contributed by atoms with van der Waals surface area (Å²) in [5.74, 6) is -0.531. The summed E-state index contributed by atoms with van der Waals surface area (Å²) < 4.78 is 3.13. The zero-order chi connectivity index (χ0) is 22.1. The highest BCUT2D eigenvalue weighted by atomic mass is 35.5. The van der Waals surface area contributed by atoms with Crippen molar-refractivity contribution in [2.24, 2.45) is 4.99 Å². The number of halogens is 1. The maximum atomic E-state index is 13.1. The Balaban J connectivity index is 2.12. The Morgan fingerprint density at radius 1 is 1.23 bits per heavy atom. The van der Waals surface area contributed by atoms with Gasteiger partial charge in [-0.25, -0.2) is 4.98 Å². The molecule has 0 radical (unpaired) electrons. The first kappa shape index (κ1) is 20.5. The molecule has 0 aliphatic heterocycles. The number of hydrogen-bond donors (Lipinski definition) is 0. The molecule has 0 fully saturated rings. The fourth-order valence-electron chi connectivity index (χ4n) is 3.51. The third-order valence-corrected chi connectivity index (χ3v) is 5.19. The van der Waals surface area contributed by atoms with Gasteiger partial charge in [0.15, 0.2) is 5.49 Å². The molecule has 0 N–H and O–H groups in total. The van der Waals surface area contributed by atoms with Gasteiger partial charge in [-0.05, 0) is 49.2 Å². The van der Waals surface area contributed by atoms with Crippen LogP contribution in [0.5, 0.6) is 0 Å². The molecule has 0 saturated heterocycles. The van der Waals surface area contributed by atoms with Gasteiger partial charge in [0.1, 0.15) is 17.4 Å². The van der Waals surface area contributed by atoms with Gasteiger partial charge in [0.05, 0.1) is 10.9 Å². The minimum absolute atomic E-state index is 0.128. The highest BCUT2D eigenvalue weighted by Crippen LogP contribution is 2.14. The summed E-state index contributed by atoms with van der Waals surface area (Å²) in [6, 6.07) is 13.6. The lowest BCUT2D eigenvalue weighted by atomic mass is 10.2. The molecule has 0 atom stereocenters. The molecule has 0 aliphatic carbocycles. The van der Waals surface area contributed by atoms with Gasteiger partial charge in [0.2, 0.25) is 0 Å². The van der Waals surface area contributed by atoms with Crippen molar-refractivity contribution in [1.82, 2.24) is 14.0 Å². The number of carbonyl (C=O) groups is 1. The monoisotopic (exact) mass is 431 g/mol. The van der Waals surface area contributed by atoms with Gasteiger partial charge in [0, 0.05) is 23.3 Å². The molecule has 0 aliphatic rings.